The molecule has 0 unspecified atom stereocenters. The molecule has 0 aliphatic heterocycles. The van der Waals surface area contributed by atoms with E-state index in [4.69, 9.17) is 21.0 Å². The van der Waals surface area contributed by atoms with E-state index >= 15 is 0 Å². The molecule has 11 heavy (non-hydrogen) atoms. The Bertz CT molecular complexity index is 56.0. The molecule has 0 aromatic rings. The van der Waals surface area contributed by atoms with Crippen molar-refractivity contribution in [3.8, 4) is 0 Å². The second-order valence-corrected chi connectivity index (χ2v) is 0.428. The van der Waals surface area contributed by atoms with E-state index in [0.717, 1.165) is 0 Å². The number of allylic oxidation sites excluding steroid dienone is 2. The predicted molar refractivity (Wildman–Crippen MR) is 40.4 cm³/mol. The molecule has 0 N–H and O–H groups in total. The number of rotatable bonds is 1. The average Bonchev–Trinajstić information content (AvgIpc) is 2.14. The van der Waals surface area contributed by atoms with Crippen LogP contribution in [0, 0.1) is 6.58 Å². The summed E-state index contributed by atoms with van der Waals surface area (Å²) >= 11 is 0. The Morgan fingerprint density at radius 3 is 1.00 bits per heavy atom. The third-order valence-electron chi connectivity index (χ3n) is 0.136. The van der Waals surface area contributed by atoms with Gasteiger partial charge >= 0.3 is 0 Å². The summed E-state index contributed by atoms with van der Waals surface area (Å²) in [6, 6.07) is 0. The van der Waals surface area contributed by atoms with Crippen LogP contribution in [-0.2, 0) is 31.5 Å². The summed E-state index contributed by atoms with van der Waals surface area (Å²) in [7, 11) is 0. The topological polar surface area (TPSA) is 51.2 Å². The summed E-state index contributed by atoms with van der Waals surface area (Å²) in [5.41, 5.74) is 0. The molecule has 0 aliphatic rings. The van der Waals surface area contributed by atoms with Crippen LogP contribution in [0.25, 0.3) is 0 Å². The largest absolute Gasteiger partial charge is 0.307 e. The van der Waals surface area contributed by atoms with Crippen LogP contribution in [0.5, 0.6) is 0 Å². The first kappa shape index (κ1) is 32.4. The molecule has 0 saturated carbocycles. The smallest absolute Gasteiger partial charge is 0.106 e. The molecule has 0 rings (SSSR count). The Morgan fingerprint density at radius 1 is 0.909 bits per heavy atom. The Morgan fingerprint density at radius 2 is 1.00 bits per heavy atom. The zero-order valence-electron chi connectivity index (χ0n) is 6.14. The third-order valence-corrected chi connectivity index (χ3v) is 0.136. The van der Waals surface area contributed by atoms with Crippen LogP contribution >= 0.6 is 0 Å². The number of hydrogen-bond donors (Lipinski definition) is 0. The zero-order chi connectivity index (χ0) is 9.41. The molecule has 4 heteroatoms. The van der Waals surface area contributed by atoms with Crippen molar-refractivity contribution in [1.29, 1.82) is 0 Å². The van der Waals surface area contributed by atoms with Gasteiger partial charge in [-0.15, -0.1) is 0 Å². The van der Waals surface area contributed by atoms with Gasteiger partial charge < -0.3 is 14.4 Å². The van der Waals surface area contributed by atoms with Gasteiger partial charge in [0, 0.05) is 17.1 Å². The Balaban J connectivity index is -0.0000000152. The molecule has 0 bridgehead atoms. The summed E-state index contributed by atoms with van der Waals surface area (Å²) in [4.78, 5) is 24.0. The van der Waals surface area contributed by atoms with Crippen LogP contribution < -0.4 is 0 Å². The molecule has 0 atom stereocenters. The zero-order valence-corrected chi connectivity index (χ0v) is 7.24. The van der Waals surface area contributed by atoms with Gasteiger partial charge in [-0.1, -0.05) is 0 Å². The van der Waals surface area contributed by atoms with Crippen molar-refractivity contribution in [1.82, 2.24) is 0 Å². The molecule has 66 valence electrons. The monoisotopic (exact) mass is 199 g/mol. The Labute approximate surface area is 77.6 Å². The van der Waals surface area contributed by atoms with Crippen LogP contribution in [0.15, 0.2) is 18.7 Å². The molecule has 0 heterocycles. The SMILES string of the molecule is C=O.C=O.C=O.[CH-]=CC=C.[Fe]. The number of carbonyl (C=O) groups excluding carboxylic acids is 3. The van der Waals surface area contributed by atoms with E-state index in [0.29, 0.717) is 0 Å². The maximum Gasteiger partial charge on any atom is 0.106 e. The van der Waals surface area contributed by atoms with Crippen LogP contribution in [0.1, 0.15) is 0 Å². The van der Waals surface area contributed by atoms with Crippen molar-refractivity contribution in [3.05, 3.63) is 25.3 Å². The fraction of sp³-hybridized carbons (Fsp3) is 0. The van der Waals surface area contributed by atoms with Gasteiger partial charge in [0.25, 0.3) is 0 Å². The van der Waals surface area contributed by atoms with Crippen LogP contribution in [0.2, 0.25) is 0 Å². The Kier molecular flexibility index (Phi) is 1670. The van der Waals surface area contributed by atoms with Crippen molar-refractivity contribution in [3.63, 3.8) is 0 Å². The summed E-state index contributed by atoms with van der Waals surface area (Å²) in [5, 5.41) is 0. The third kappa shape index (κ3) is 4930000. The molecule has 0 aromatic carbocycles. The molecule has 0 radical (unpaired) electrons. The van der Waals surface area contributed by atoms with Gasteiger partial charge in [0.05, 0.1) is 0 Å². The standard InChI is InChI=1S/C4H5.3CH2O.Fe/c1-3-4-2;3*1-2;/h1,3-4H,2H2;3*1H2;/q-1;;;;. The normalized spacial score (nSPS) is 2.91. The summed E-state index contributed by atoms with van der Waals surface area (Å²) in [6.45, 7) is 14.1. The van der Waals surface area contributed by atoms with Gasteiger partial charge in [-0.05, 0) is 0 Å². The number of hydrogen-bond acceptors (Lipinski definition) is 3. The van der Waals surface area contributed by atoms with Crippen molar-refractivity contribution in [2.75, 3.05) is 0 Å². The van der Waals surface area contributed by atoms with Gasteiger partial charge in [-0.25, -0.2) is 12.2 Å². The van der Waals surface area contributed by atoms with Crippen molar-refractivity contribution in [2.24, 2.45) is 0 Å². The van der Waals surface area contributed by atoms with E-state index in [9.17, 15) is 0 Å². The first-order chi connectivity index (χ1) is 4.91. The first-order valence-corrected chi connectivity index (χ1v) is 1.94. The maximum absolute atomic E-state index is 8.00. The minimum atomic E-state index is 0. The summed E-state index contributed by atoms with van der Waals surface area (Å²) in [5.74, 6) is 0. The number of carbonyl (C=O) groups is 3. The quantitative estimate of drug-likeness (QED) is 0.353. The summed E-state index contributed by atoms with van der Waals surface area (Å²) in [6.07, 6.45) is 2.92. The molecular formula is C7H11FeO3-. The molecule has 0 aromatic heterocycles. The van der Waals surface area contributed by atoms with Crippen LogP contribution in [0.4, 0.5) is 0 Å². The molecule has 0 amide bonds. The minimum Gasteiger partial charge on any atom is -0.307 e. The first-order valence-electron chi connectivity index (χ1n) is 1.94. The predicted octanol–water partition coefficient (Wildman–Crippen LogP) is 0.604. The maximum atomic E-state index is 8.00. The second-order valence-electron chi connectivity index (χ2n) is 0.428. The second kappa shape index (κ2) is 567. The Hall–Kier alpha value is -0.991. The molecule has 3 nitrogen and oxygen atoms in total. The fourth-order valence-corrected chi connectivity index (χ4v) is 0. The molecular weight excluding hydrogens is 188 g/mol. The van der Waals surface area contributed by atoms with E-state index in [1.54, 1.807) is 0 Å². The van der Waals surface area contributed by atoms with E-state index in [2.05, 4.69) is 6.58 Å². The molecule has 0 fully saturated rings. The van der Waals surface area contributed by atoms with Gasteiger partial charge in [-0.3, -0.25) is 6.58 Å². The average molecular weight is 199 g/mol. The van der Waals surface area contributed by atoms with Gasteiger partial charge in [-0.2, -0.15) is 6.58 Å². The van der Waals surface area contributed by atoms with Gasteiger partial charge in [0.2, 0.25) is 0 Å². The molecule has 0 spiro atoms. The molecule has 0 saturated heterocycles. The van der Waals surface area contributed by atoms with E-state index in [-0.39, 0.29) is 17.1 Å². The van der Waals surface area contributed by atoms with Crippen molar-refractivity contribution >= 4 is 20.4 Å². The van der Waals surface area contributed by atoms with E-state index in [1.807, 2.05) is 20.4 Å². The van der Waals surface area contributed by atoms with Gasteiger partial charge in [0.1, 0.15) is 20.4 Å². The van der Waals surface area contributed by atoms with Crippen LogP contribution in [0.3, 0.4) is 0 Å². The molecule has 0 aliphatic carbocycles. The van der Waals surface area contributed by atoms with Crippen molar-refractivity contribution < 1.29 is 31.5 Å². The van der Waals surface area contributed by atoms with E-state index < -0.39 is 0 Å². The summed E-state index contributed by atoms with van der Waals surface area (Å²) < 4.78 is 0. The fourth-order valence-electron chi connectivity index (χ4n) is 0. The minimum absolute atomic E-state index is 0. The van der Waals surface area contributed by atoms with Gasteiger partial charge in [0.15, 0.2) is 0 Å². The van der Waals surface area contributed by atoms with Crippen molar-refractivity contribution in [2.45, 2.75) is 0 Å². The van der Waals surface area contributed by atoms with E-state index in [1.165, 1.54) is 12.2 Å². The van der Waals surface area contributed by atoms with Crippen LogP contribution in [-0.4, -0.2) is 20.4 Å².